The number of hydrogen-bond donors (Lipinski definition) is 2. The van der Waals surface area contributed by atoms with Crippen LogP contribution in [0.25, 0.3) is 20.7 Å². The smallest absolute Gasteiger partial charge is 0.139 e. The van der Waals surface area contributed by atoms with E-state index in [-0.39, 0.29) is 0 Å². The van der Waals surface area contributed by atoms with Gasteiger partial charge in [-0.2, -0.15) is 0 Å². The monoisotopic (exact) mass is 367 g/mol. The molecule has 0 radical (unpaired) electrons. The summed E-state index contributed by atoms with van der Waals surface area (Å²) in [6, 6.07) is 10.0. The van der Waals surface area contributed by atoms with E-state index in [1.54, 1.807) is 28.9 Å². The molecule has 0 unspecified atom stereocenters. The van der Waals surface area contributed by atoms with E-state index in [1.807, 2.05) is 25.1 Å². The van der Waals surface area contributed by atoms with Gasteiger partial charge in [0.2, 0.25) is 0 Å². The number of rotatable bonds is 6. The highest BCUT2D eigenvalue weighted by atomic mass is 32.1. The molecule has 4 heterocycles. The van der Waals surface area contributed by atoms with Gasteiger partial charge in [-0.05, 0) is 30.5 Å². The first-order valence-electron chi connectivity index (χ1n) is 8.00. The van der Waals surface area contributed by atoms with E-state index >= 15 is 0 Å². The Labute approximate surface area is 153 Å². The van der Waals surface area contributed by atoms with Crippen LogP contribution in [0.3, 0.4) is 0 Å². The predicted molar refractivity (Wildman–Crippen MR) is 107 cm³/mol. The Morgan fingerprint density at radius 3 is 2.72 bits per heavy atom. The predicted octanol–water partition coefficient (Wildman–Crippen LogP) is 4.65. The standard InChI is InChI=1S/C18H17N5S2/c1-12-22-17(21-9-8-20-15-6-2-3-7-19-15)16-13(11-25-18(16)23-12)14-5-4-10-24-14/h2-7,10-11H,8-9H2,1H3,(H,19,20)(H,21,22,23). The third kappa shape index (κ3) is 3.47. The number of aryl methyl sites for hydroxylation is 1. The fourth-order valence-electron chi connectivity index (χ4n) is 2.63. The summed E-state index contributed by atoms with van der Waals surface area (Å²) in [5.74, 6) is 2.56. The van der Waals surface area contributed by atoms with Crippen LogP contribution in [0.1, 0.15) is 5.82 Å². The summed E-state index contributed by atoms with van der Waals surface area (Å²) in [5.41, 5.74) is 1.20. The zero-order valence-electron chi connectivity index (χ0n) is 13.7. The summed E-state index contributed by atoms with van der Waals surface area (Å²) in [4.78, 5) is 15.8. The van der Waals surface area contributed by atoms with E-state index in [4.69, 9.17) is 0 Å². The van der Waals surface area contributed by atoms with E-state index in [9.17, 15) is 0 Å². The van der Waals surface area contributed by atoms with Crippen molar-refractivity contribution in [2.24, 2.45) is 0 Å². The van der Waals surface area contributed by atoms with Gasteiger partial charge >= 0.3 is 0 Å². The van der Waals surface area contributed by atoms with E-state index in [0.29, 0.717) is 0 Å². The number of nitrogens with zero attached hydrogens (tertiary/aromatic N) is 3. The topological polar surface area (TPSA) is 62.7 Å². The normalized spacial score (nSPS) is 10.9. The number of thiophene rings is 2. The molecule has 4 aromatic heterocycles. The van der Waals surface area contributed by atoms with Gasteiger partial charge in [0, 0.05) is 35.1 Å². The van der Waals surface area contributed by atoms with E-state index in [2.05, 4.69) is 48.5 Å². The summed E-state index contributed by atoms with van der Waals surface area (Å²) in [6.45, 7) is 3.45. The van der Waals surface area contributed by atoms with Crippen molar-refractivity contribution >= 4 is 44.5 Å². The van der Waals surface area contributed by atoms with Gasteiger partial charge in [0.05, 0.1) is 5.39 Å². The summed E-state index contributed by atoms with van der Waals surface area (Å²) in [7, 11) is 0. The number of hydrogen-bond acceptors (Lipinski definition) is 7. The number of anilines is 2. The van der Waals surface area contributed by atoms with Crippen LogP contribution in [0.4, 0.5) is 11.6 Å². The highest BCUT2D eigenvalue weighted by molar-refractivity contribution is 7.18. The van der Waals surface area contributed by atoms with Crippen molar-refractivity contribution in [3.63, 3.8) is 0 Å². The van der Waals surface area contributed by atoms with Crippen molar-refractivity contribution in [1.82, 2.24) is 15.0 Å². The molecule has 25 heavy (non-hydrogen) atoms. The Bertz CT molecular complexity index is 964. The lowest BCUT2D eigenvalue weighted by molar-refractivity contribution is 1.03. The van der Waals surface area contributed by atoms with Crippen LogP contribution in [0.15, 0.2) is 47.3 Å². The van der Waals surface area contributed by atoms with Crippen LogP contribution in [0.2, 0.25) is 0 Å². The summed E-state index contributed by atoms with van der Waals surface area (Å²) >= 11 is 3.40. The minimum Gasteiger partial charge on any atom is -0.368 e. The lowest BCUT2D eigenvalue weighted by atomic mass is 10.2. The molecule has 2 N–H and O–H groups in total. The second-order valence-corrected chi connectivity index (χ2v) is 7.30. The fourth-order valence-corrected chi connectivity index (χ4v) is 4.44. The van der Waals surface area contributed by atoms with Gasteiger partial charge < -0.3 is 10.6 Å². The molecule has 0 bridgehead atoms. The van der Waals surface area contributed by atoms with Crippen LogP contribution in [0.5, 0.6) is 0 Å². The molecule has 0 fully saturated rings. The minimum absolute atomic E-state index is 0.752. The zero-order valence-corrected chi connectivity index (χ0v) is 15.3. The quantitative estimate of drug-likeness (QED) is 0.486. The first-order chi connectivity index (χ1) is 12.3. The van der Waals surface area contributed by atoms with Gasteiger partial charge in [-0.15, -0.1) is 22.7 Å². The summed E-state index contributed by atoms with van der Waals surface area (Å²) in [6.07, 6.45) is 1.78. The van der Waals surface area contributed by atoms with E-state index in [0.717, 1.165) is 40.8 Å². The molecule has 0 atom stereocenters. The molecule has 7 heteroatoms. The Morgan fingerprint density at radius 2 is 1.92 bits per heavy atom. The number of pyridine rings is 1. The van der Waals surface area contributed by atoms with Crippen LogP contribution in [0, 0.1) is 6.92 Å². The molecular formula is C18H17N5S2. The first-order valence-corrected chi connectivity index (χ1v) is 9.75. The third-order valence-electron chi connectivity index (χ3n) is 3.72. The highest BCUT2D eigenvalue weighted by Crippen LogP contribution is 2.38. The summed E-state index contributed by atoms with van der Waals surface area (Å²) in [5, 5.41) is 12.1. The second kappa shape index (κ2) is 7.16. The zero-order chi connectivity index (χ0) is 17.1. The largest absolute Gasteiger partial charge is 0.368 e. The van der Waals surface area contributed by atoms with E-state index < -0.39 is 0 Å². The SMILES string of the molecule is Cc1nc(NCCNc2ccccn2)c2c(-c3cccs3)csc2n1. The van der Waals surface area contributed by atoms with Crippen LogP contribution in [-0.2, 0) is 0 Å². The van der Waals surface area contributed by atoms with Crippen molar-refractivity contribution in [2.75, 3.05) is 23.7 Å². The molecule has 0 aliphatic carbocycles. The van der Waals surface area contributed by atoms with Crippen molar-refractivity contribution in [1.29, 1.82) is 0 Å². The lowest BCUT2D eigenvalue weighted by Gasteiger charge is -2.10. The van der Waals surface area contributed by atoms with Crippen molar-refractivity contribution in [3.8, 4) is 10.4 Å². The molecule has 0 amide bonds. The molecule has 126 valence electrons. The molecule has 5 nitrogen and oxygen atoms in total. The van der Waals surface area contributed by atoms with Gasteiger partial charge in [0.25, 0.3) is 0 Å². The molecule has 0 spiro atoms. The Balaban J connectivity index is 1.55. The molecule has 0 saturated carbocycles. The lowest BCUT2D eigenvalue weighted by Crippen LogP contribution is -2.15. The third-order valence-corrected chi connectivity index (χ3v) is 5.50. The van der Waals surface area contributed by atoms with Crippen LogP contribution < -0.4 is 10.6 Å². The van der Waals surface area contributed by atoms with Crippen LogP contribution in [-0.4, -0.2) is 28.0 Å². The first kappa shape index (κ1) is 16.0. The molecule has 0 saturated heterocycles. The van der Waals surface area contributed by atoms with Gasteiger partial charge in [-0.25, -0.2) is 15.0 Å². The Kier molecular flexibility index (Phi) is 4.58. The number of fused-ring (bicyclic) bond motifs is 1. The number of aromatic nitrogens is 3. The van der Waals surface area contributed by atoms with Crippen molar-refractivity contribution < 1.29 is 0 Å². The number of nitrogens with one attached hydrogen (secondary N) is 2. The van der Waals surface area contributed by atoms with Gasteiger partial charge in [-0.1, -0.05) is 12.1 Å². The van der Waals surface area contributed by atoms with Crippen molar-refractivity contribution in [2.45, 2.75) is 6.92 Å². The summed E-state index contributed by atoms with van der Waals surface area (Å²) < 4.78 is 0. The fraction of sp³-hybridized carbons (Fsp3) is 0.167. The van der Waals surface area contributed by atoms with E-state index in [1.165, 1.54) is 10.4 Å². The second-order valence-electron chi connectivity index (χ2n) is 5.49. The Hall–Kier alpha value is -2.51. The minimum atomic E-state index is 0.752. The molecule has 0 aliphatic rings. The van der Waals surface area contributed by atoms with Gasteiger partial charge in [-0.3, -0.25) is 0 Å². The molecule has 0 aliphatic heterocycles. The molecule has 4 rings (SSSR count). The van der Waals surface area contributed by atoms with Crippen LogP contribution >= 0.6 is 22.7 Å². The maximum absolute atomic E-state index is 4.63. The highest BCUT2D eigenvalue weighted by Gasteiger charge is 2.14. The maximum atomic E-state index is 4.63. The van der Waals surface area contributed by atoms with Gasteiger partial charge in [0.15, 0.2) is 0 Å². The Morgan fingerprint density at radius 1 is 1.00 bits per heavy atom. The average Bonchev–Trinajstić information content (AvgIpc) is 3.28. The maximum Gasteiger partial charge on any atom is 0.139 e. The molecular weight excluding hydrogens is 350 g/mol. The molecule has 0 aromatic carbocycles. The molecule has 4 aromatic rings. The van der Waals surface area contributed by atoms with Crippen molar-refractivity contribution in [3.05, 3.63) is 53.1 Å². The van der Waals surface area contributed by atoms with Gasteiger partial charge in [0.1, 0.15) is 22.3 Å². The average molecular weight is 368 g/mol.